The Bertz CT molecular complexity index is 992. The molecule has 3 heteroatoms. The number of benzene rings is 1. The first-order chi connectivity index (χ1) is 12.7. The van der Waals surface area contributed by atoms with Gasteiger partial charge in [0.15, 0.2) is 0 Å². The van der Waals surface area contributed by atoms with Gasteiger partial charge in [-0.3, -0.25) is 9.97 Å². The van der Waals surface area contributed by atoms with Crippen LogP contribution in [0.2, 0.25) is 0 Å². The normalized spacial score (nSPS) is 10.7. The first kappa shape index (κ1) is 16.2. The van der Waals surface area contributed by atoms with Crippen LogP contribution in [0.3, 0.4) is 0 Å². The van der Waals surface area contributed by atoms with Gasteiger partial charge in [0.25, 0.3) is 0 Å². The van der Waals surface area contributed by atoms with Crippen molar-refractivity contribution in [2.75, 3.05) is 0 Å². The first-order valence-electron chi connectivity index (χ1n) is 8.64. The Labute approximate surface area is 153 Å². The summed E-state index contributed by atoms with van der Waals surface area (Å²) in [5.74, 6) is 0. The summed E-state index contributed by atoms with van der Waals surface area (Å²) >= 11 is 0. The molecule has 0 radical (unpaired) electrons. The lowest BCUT2D eigenvalue weighted by Gasteiger charge is -2.11. The molecule has 4 rings (SSSR count). The highest BCUT2D eigenvalue weighted by Gasteiger charge is 2.12. The molecule has 0 saturated heterocycles. The lowest BCUT2D eigenvalue weighted by Crippen LogP contribution is -1.97. The number of aromatic nitrogens is 3. The van der Waals surface area contributed by atoms with Crippen LogP contribution in [0.1, 0.15) is 11.1 Å². The minimum absolute atomic E-state index is 0.865. The summed E-state index contributed by atoms with van der Waals surface area (Å²) in [6, 6.07) is 22.6. The average Bonchev–Trinajstić information content (AvgIpc) is 2.69. The summed E-state index contributed by atoms with van der Waals surface area (Å²) in [7, 11) is 0. The summed E-state index contributed by atoms with van der Waals surface area (Å²) < 4.78 is 0. The molecule has 0 amide bonds. The molecule has 26 heavy (non-hydrogen) atoms. The van der Waals surface area contributed by atoms with Gasteiger partial charge in [0, 0.05) is 12.4 Å². The Morgan fingerprint density at radius 2 is 1.12 bits per heavy atom. The molecule has 0 unspecified atom stereocenters. The standard InChI is InChI=1S/C23H19N3/c1-16-8-6-12-24-22(16)20-14-19(18-10-4-3-5-11-18)15-21(26-20)23-17(2)9-7-13-25-23/h3-15H,1-2H3. The van der Waals surface area contributed by atoms with Crippen molar-refractivity contribution in [3.8, 4) is 33.9 Å². The van der Waals surface area contributed by atoms with Crippen LogP contribution in [-0.2, 0) is 0 Å². The van der Waals surface area contributed by atoms with Crippen LogP contribution in [0.25, 0.3) is 33.9 Å². The molecule has 0 saturated carbocycles. The Balaban J connectivity index is 1.97. The van der Waals surface area contributed by atoms with Crippen LogP contribution >= 0.6 is 0 Å². The van der Waals surface area contributed by atoms with Gasteiger partial charge < -0.3 is 0 Å². The zero-order chi connectivity index (χ0) is 17.9. The van der Waals surface area contributed by atoms with E-state index in [-0.39, 0.29) is 0 Å². The Kier molecular flexibility index (Phi) is 4.28. The van der Waals surface area contributed by atoms with Gasteiger partial charge in [0.1, 0.15) is 0 Å². The zero-order valence-corrected chi connectivity index (χ0v) is 14.8. The molecular weight excluding hydrogens is 318 g/mol. The van der Waals surface area contributed by atoms with Crippen LogP contribution in [-0.4, -0.2) is 15.0 Å². The minimum Gasteiger partial charge on any atom is -0.254 e. The molecule has 1 aromatic carbocycles. The molecule has 3 heterocycles. The van der Waals surface area contributed by atoms with Crippen LogP contribution in [0, 0.1) is 13.8 Å². The van der Waals surface area contributed by atoms with Crippen LogP contribution < -0.4 is 0 Å². The molecule has 0 aliphatic rings. The van der Waals surface area contributed by atoms with E-state index in [4.69, 9.17) is 4.98 Å². The van der Waals surface area contributed by atoms with Gasteiger partial charge in [-0.25, -0.2) is 4.98 Å². The number of hydrogen-bond donors (Lipinski definition) is 0. The highest BCUT2D eigenvalue weighted by atomic mass is 14.8. The van der Waals surface area contributed by atoms with Crippen LogP contribution in [0.15, 0.2) is 79.1 Å². The van der Waals surface area contributed by atoms with Crippen molar-refractivity contribution in [1.29, 1.82) is 0 Å². The molecule has 0 fully saturated rings. The van der Waals surface area contributed by atoms with E-state index in [0.717, 1.165) is 45.0 Å². The number of rotatable bonds is 3. The van der Waals surface area contributed by atoms with Crippen LogP contribution in [0.4, 0.5) is 0 Å². The second kappa shape index (κ2) is 6.89. The molecule has 126 valence electrons. The van der Waals surface area contributed by atoms with Gasteiger partial charge in [-0.1, -0.05) is 42.5 Å². The van der Waals surface area contributed by atoms with E-state index in [1.807, 2.05) is 42.7 Å². The Hall–Kier alpha value is -3.33. The Morgan fingerprint density at radius 1 is 0.577 bits per heavy atom. The van der Waals surface area contributed by atoms with E-state index in [9.17, 15) is 0 Å². The molecule has 0 bridgehead atoms. The number of aryl methyl sites for hydroxylation is 2. The van der Waals surface area contributed by atoms with E-state index in [2.05, 4.69) is 60.2 Å². The fraction of sp³-hybridized carbons (Fsp3) is 0.0870. The van der Waals surface area contributed by atoms with Gasteiger partial charge in [0.2, 0.25) is 0 Å². The monoisotopic (exact) mass is 337 g/mol. The third kappa shape index (κ3) is 3.11. The first-order valence-corrected chi connectivity index (χ1v) is 8.64. The maximum Gasteiger partial charge on any atom is 0.0915 e. The summed E-state index contributed by atoms with van der Waals surface area (Å²) in [5.41, 5.74) is 8.01. The highest BCUT2D eigenvalue weighted by molar-refractivity contribution is 5.76. The topological polar surface area (TPSA) is 38.7 Å². The van der Waals surface area contributed by atoms with E-state index >= 15 is 0 Å². The maximum atomic E-state index is 4.90. The number of nitrogens with zero attached hydrogens (tertiary/aromatic N) is 3. The molecule has 0 N–H and O–H groups in total. The van der Waals surface area contributed by atoms with E-state index in [1.165, 1.54) is 0 Å². The molecule has 3 nitrogen and oxygen atoms in total. The van der Waals surface area contributed by atoms with Gasteiger partial charge in [0.05, 0.1) is 22.8 Å². The summed E-state index contributed by atoms with van der Waals surface area (Å²) in [6.45, 7) is 4.12. The average molecular weight is 337 g/mol. The SMILES string of the molecule is Cc1cccnc1-c1cc(-c2ccccc2)cc(-c2ncccc2C)n1. The number of hydrogen-bond acceptors (Lipinski definition) is 3. The van der Waals surface area contributed by atoms with Gasteiger partial charge in [-0.05, 0) is 60.4 Å². The predicted molar refractivity (Wildman–Crippen MR) is 106 cm³/mol. The maximum absolute atomic E-state index is 4.90. The predicted octanol–water partition coefficient (Wildman–Crippen LogP) is 5.49. The Morgan fingerprint density at radius 3 is 1.62 bits per heavy atom. The lowest BCUT2D eigenvalue weighted by atomic mass is 10.0. The summed E-state index contributed by atoms with van der Waals surface area (Å²) in [6.07, 6.45) is 3.62. The summed E-state index contributed by atoms with van der Waals surface area (Å²) in [4.78, 5) is 14.0. The molecule has 0 spiro atoms. The molecule has 0 aliphatic carbocycles. The van der Waals surface area contributed by atoms with Gasteiger partial charge in [-0.15, -0.1) is 0 Å². The van der Waals surface area contributed by atoms with Gasteiger partial charge >= 0.3 is 0 Å². The largest absolute Gasteiger partial charge is 0.254 e. The third-order valence-electron chi connectivity index (χ3n) is 4.44. The molecule has 0 aliphatic heterocycles. The van der Waals surface area contributed by atoms with Crippen molar-refractivity contribution in [2.24, 2.45) is 0 Å². The van der Waals surface area contributed by atoms with Crippen molar-refractivity contribution in [3.05, 3.63) is 90.3 Å². The highest BCUT2D eigenvalue weighted by Crippen LogP contribution is 2.30. The van der Waals surface area contributed by atoms with E-state index in [0.29, 0.717) is 0 Å². The zero-order valence-electron chi connectivity index (χ0n) is 14.8. The second-order valence-corrected chi connectivity index (χ2v) is 6.33. The van der Waals surface area contributed by atoms with E-state index < -0.39 is 0 Å². The van der Waals surface area contributed by atoms with Crippen molar-refractivity contribution in [3.63, 3.8) is 0 Å². The molecule has 4 aromatic rings. The third-order valence-corrected chi connectivity index (χ3v) is 4.44. The molecule has 3 aromatic heterocycles. The van der Waals surface area contributed by atoms with Crippen molar-refractivity contribution < 1.29 is 0 Å². The number of pyridine rings is 3. The molecule has 0 atom stereocenters. The quantitative estimate of drug-likeness (QED) is 0.496. The van der Waals surface area contributed by atoms with Crippen molar-refractivity contribution in [1.82, 2.24) is 15.0 Å². The fourth-order valence-electron chi connectivity index (χ4n) is 3.08. The summed E-state index contributed by atoms with van der Waals surface area (Å²) in [5, 5.41) is 0. The minimum atomic E-state index is 0.865. The van der Waals surface area contributed by atoms with Gasteiger partial charge in [-0.2, -0.15) is 0 Å². The lowest BCUT2D eigenvalue weighted by molar-refractivity contribution is 1.18. The van der Waals surface area contributed by atoms with Crippen molar-refractivity contribution >= 4 is 0 Å². The second-order valence-electron chi connectivity index (χ2n) is 6.33. The van der Waals surface area contributed by atoms with Crippen molar-refractivity contribution in [2.45, 2.75) is 13.8 Å². The smallest absolute Gasteiger partial charge is 0.0915 e. The molecular formula is C23H19N3. The van der Waals surface area contributed by atoms with Crippen LogP contribution in [0.5, 0.6) is 0 Å². The van der Waals surface area contributed by atoms with E-state index in [1.54, 1.807) is 0 Å². The fourth-order valence-corrected chi connectivity index (χ4v) is 3.08.